The van der Waals surface area contributed by atoms with Crippen LogP contribution < -0.4 is 16.0 Å². The SMILES string of the molecule is CCCCCCOc1cccn(CCC(N)=S)c1=O. The summed E-state index contributed by atoms with van der Waals surface area (Å²) in [6.45, 7) is 3.26. The van der Waals surface area contributed by atoms with Gasteiger partial charge in [0.2, 0.25) is 0 Å². The summed E-state index contributed by atoms with van der Waals surface area (Å²) in [5, 5.41) is 0. The van der Waals surface area contributed by atoms with Gasteiger partial charge in [0.1, 0.15) is 0 Å². The third-order valence-corrected chi connectivity index (χ3v) is 3.04. The smallest absolute Gasteiger partial charge is 0.292 e. The van der Waals surface area contributed by atoms with Crippen LogP contribution in [-0.2, 0) is 6.54 Å². The third-order valence-electron chi connectivity index (χ3n) is 2.84. The van der Waals surface area contributed by atoms with Crippen LogP contribution in [-0.4, -0.2) is 16.2 Å². The van der Waals surface area contributed by atoms with Gasteiger partial charge < -0.3 is 15.0 Å². The van der Waals surface area contributed by atoms with Gasteiger partial charge >= 0.3 is 0 Å². The Kier molecular flexibility index (Phi) is 7.18. The lowest BCUT2D eigenvalue weighted by Gasteiger charge is -2.09. The largest absolute Gasteiger partial charge is 0.488 e. The van der Waals surface area contributed by atoms with Crippen LogP contribution in [0.3, 0.4) is 0 Å². The van der Waals surface area contributed by atoms with Gasteiger partial charge in [-0.3, -0.25) is 4.79 Å². The van der Waals surface area contributed by atoms with Crippen molar-refractivity contribution >= 4 is 17.2 Å². The molecule has 0 fully saturated rings. The van der Waals surface area contributed by atoms with Crippen molar-refractivity contribution in [3.05, 3.63) is 28.7 Å². The van der Waals surface area contributed by atoms with Crippen LogP contribution in [0, 0.1) is 0 Å². The second-order valence-corrected chi connectivity index (χ2v) is 5.02. The first-order chi connectivity index (χ1) is 9.15. The lowest BCUT2D eigenvalue weighted by Crippen LogP contribution is -2.23. The maximum absolute atomic E-state index is 12.1. The molecular formula is C14H22N2O2S. The topological polar surface area (TPSA) is 57.2 Å². The van der Waals surface area contributed by atoms with E-state index in [4.69, 9.17) is 22.7 Å². The van der Waals surface area contributed by atoms with E-state index >= 15 is 0 Å². The fourth-order valence-electron chi connectivity index (χ4n) is 1.74. The molecule has 1 rings (SSSR count). The minimum Gasteiger partial charge on any atom is -0.488 e. The minimum absolute atomic E-state index is 0.116. The molecular weight excluding hydrogens is 260 g/mol. The molecule has 0 atom stereocenters. The lowest BCUT2D eigenvalue weighted by atomic mass is 10.2. The Bertz CT molecular complexity index is 457. The van der Waals surface area contributed by atoms with Crippen LogP contribution in [0.15, 0.2) is 23.1 Å². The van der Waals surface area contributed by atoms with Crippen LogP contribution in [0.1, 0.15) is 39.0 Å². The summed E-state index contributed by atoms with van der Waals surface area (Å²) in [7, 11) is 0. The van der Waals surface area contributed by atoms with Crippen molar-refractivity contribution in [3.8, 4) is 5.75 Å². The van der Waals surface area contributed by atoms with Gasteiger partial charge in [-0.1, -0.05) is 38.4 Å². The average molecular weight is 282 g/mol. The van der Waals surface area contributed by atoms with Gasteiger partial charge in [0.25, 0.3) is 5.56 Å². The first-order valence-electron chi connectivity index (χ1n) is 6.75. The Hall–Kier alpha value is -1.36. The molecule has 1 heterocycles. The van der Waals surface area contributed by atoms with Gasteiger partial charge in [0, 0.05) is 19.2 Å². The van der Waals surface area contributed by atoms with E-state index in [-0.39, 0.29) is 5.56 Å². The Morgan fingerprint density at radius 2 is 2.21 bits per heavy atom. The molecule has 0 aliphatic rings. The minimum atomic E-state index is -0.116. The monoisotopic (exact) mass is 282 g/mol. The summed E-state index contributed by atoms with van der Waals surface area (Å²) in [4.78, 5) is 12.5. The van der Waals surface area contributed by atoms with Crippen molar-refractivity contribution in [2.45, 2.75) is 45.6 Å². The maximum Gasteiger partial charge on any atom is 0.292 e. The van der Waals surface area contributed by atoms with Crippen molar-refractivity contribution in [2.75, 3.05) is 6.61 Å². The highest BCUT2D eigenvalue weighted by Gasteiger charge is 2.04. The van der Waals surface area contributed by atoms with E-state index < -0.39 is 0 Å². The van der Waals surface area contributed by atoms with Gasteiger partial charge in [-0.2, -0.15) is 0 Å². The summed E-state index contributed by atoms with van der Waals surface area (Å²) >= 11 is 4.81. The number of ether oxygens (including phenoxy) is 1. The quantitative estimate of drug-likeness (QED) is 0.558. The van der Waals surface area contributed by atoms with E-state index in [1.165, 1.54) is 12.8 Å². The molecule has 0 saturated carbocycles. The highest BCUT2D eigenvalue weighted by Crippen LogP contribution is 2.05. The van der Waals surface area contributed by atoms with E-state index in [1.54, 1.807) is 16.8 Å². The first-order valence-corrected chi connectivity index (χ1v) is 7.16. The molecule has 0 aromatic carbocycles. The lowest BCUT2D eigenvalue weighted by molar-refractivity contribution is 0.298. The second-order valence-electron chi connectivity index (χ2n) is 4.50. The molecule has 0 spiro atoms. The second kappa shape index (κ2) is 8.69. The number of rotatable bonds is 9. The summed E-state index contributed by atoms with van der Waals surface area (Å²) < 4.78 is 7.12. The van der Waals surface area contributed by atoms with Gasteiger partial charge in [0.05, 0.1) is 11.6 Å². The van der Waals surface area contributed by atoms with E-state index in [2.05, 4.69) is 6.92 Å². The fraction of sp³-hybridized carbons (Fsp3) is 0.571. The summed E-state index contributed by atoms with van der Waals surface area (Å²) in [6.07, 6.45) is 6.77. The molecule has 0 aliphatic carbocycles. The third kappa shape index (κ3) is 5.87. The normalized spacial score (nSPS) is 10.4. The van der Waals surface area contributed by atoms with Crippen LogP contribution in [0.25, 0.3) is 0 Å². The Labute approximate surface area is 119 Å². The Balaban J connectivity index is 2.52. The molecule has 0 amide bonds. The van der Waals surface area contributed by atoms with Crippen LogP contribution in [0.4, 0.5) is 0 Å². The summed E-state index contributed by atoms with van der Waals surface area (Å²) in [5.41, 5.74) is 5.32. The number of unbranched alkanes of at least 4 members (excludes halogenated alkanes) is 3. The van der Waals surface area contributed by atoms with E-state index in [0.29, 0.717) is 30.3 Å². The van der Waals surface area contributed by atoms with Gasteiger partial charge in [0.15, 0.2) is 5.75 Å². The molecule has 0 aliphatic heterocycles. The summed E-state index contributed by atoms with van der Waals surface area (Å²) in [6, 6.07) is 3.52. The zero-order chi connectivity index (χ0) is 14.1. The molecule has 4 nitrogen and oxygen atoms in total. The van der Waals surface area contributed by atoms with E-state index in [0.717, 1.165) is 12.8 Å². The van der Waals surface area contributed by atoms with E-state index in [9.17, 15) is 4.79 Å². The zero-order valence-electron chi connectivity index (χ0n) is 11.4. The Morgan fingerprint density at radius 1 is 1.42 bits per heavy atom. The molecule has 0 saturated heterocycles. The zero-order valence-corrected chi connectivity index (χ0v) is 12.2. The molecule has 5 heteroatoms. The van der Waals surface area contributed by atoms with E-state index in [1.807, 2.05) is 6.07 Å². The van der Waals surface area contributed by atoms with Gasteiger partial charge in [-0.25, -0.2) is 0 Å². The molecule has 1 aromatic rings. The first kappa shape index (κ1) is 15.7. The molecule has 0 radical (unpaired) electrons. The highest BCUT2D eigenvalue weighted by atomic mass is 32.1. The number of thiocarbonyl (C=S) groups is 1. The van der Waals surface area contributed by atoms with Crippen molar-refractivity contribution in [1.29, 1.82) is 0 Å². The standard InChI is InChI=1S/C14H22N2O2S/c1-2-3-4-5-11-18-12-7-6-9-16(14(12)17)10-8-13(15)19/h6-7,9H,2-5,8,10-11H2,1H3,(H2,15,19). The highest BCUT2D eigenvalue weighted by molar-refractivity contribution is 7.80. The summed E-state index contributed by atoms with van der Waals surface area (Å²) in [5.74, 6) is 0.405. The molecule has 2 N–H and O–H groups in total. The maximum atomic E-state index is 12.1. The number of aryl methyl sites for hydroxylation is 1. The van der Waals surface area contributed by atoms with Crippen LogP contribution in [0.5, 0.6) is 5.75 Å². The predicted molar refractivity (Wildman–Crippen MR) is 81.7 cm³/mol. The molecule has 0 bridgehead atoms. The Morgan fingerprint density at radius 3 is 2.89 bits per heavy atom. The van der Waals surface area contributed by atoms with Gasteiger partial charge in [-0.05, 0) is 18.6 Å². The molecule has 106 valence electrons. The van der Waals surface area contributed by atoms with Crippen molar-refractivity contribution in [2.24, 2.45) is 5.73 Å². The van der Waals surface area contributed by atoms with Crippen LogP contribution >= 0.6 is 12.2 Å². The molecule has 1 aromatic heterocycles. The van der Waals surface area contributed by atoms with Crippen molar-refractivity contribution in [3.63, 3.8) is 0 Å². The van der Waals surface area contributed by atoms with Crippen LogP contribution in [0.2, 0.25) is 0 Å². The number of hydrogen-bond donors (Lipinski definition) is 1. The number of pyridine rings is 1. The predicted octanol–water partition coefficient (Wildman–Crippen LogP) is 2.48. The fourth-order valence-corrected chi connectivity index (χ4v) is 1.83. The molecule has 0 unspecified atom stereocenters. The number of hydrogen-bond acceptors (Lipinski definition) is 3. The molecule has 19 heavy (non-hydrogen) atoms. The van der Waals surface area contributed by atoms with Crippen molar-refractivity contribution in [1.82, 2.24) is 4.57 Å². The number of nitrogens with zero attached hydrogens (tertiary/aromatic N) is 1. The number of aromatic nitrogens is 1. The van der Waals surface area contributed by atoms with Crippen molar-refractivity contribution < 1.29 is 4.74 Å². The number of nitrogens with two attached hydrogens (primary N) is 1. The average Bonchev–Trinajstić information content (AvgIpc) is 2.38. The van der Waals surface area contributed by atoms with Gasteiger partial charge in [-0.15, -0.1) is 0 Å².